The smallest absolute Gasteiger partial charge is 0.169 e. The third-order valence-corrected chi connectivity index (χ3v) is 2.64. The number of benzene rings is 1. The van der Waals surface area contributed by atoms with E-state index in [4.69, 9.17) is 9.47 Å². The average Bonchev–Trinajstić information content (AvgIpc) is 2.39. The van der Waals surface area contributed by atoms with E-state index in [1.807, 2.05) is 39.0 Å². The lowest BCUT2D eigenvalue weighted by Crippen LogP contribution is -2.10. The summed E-state index contributed by atoms with van der Waals surface area (Å²) in [7, 11) is 1.60. The molecule has 0 aliphatic rings. The lowest BCUT2D eigenvalue weighted by atomic mass is 10.00. The van der Waals surface area contributed by atoms with Gasteiger partial charge in [-0.15, -0.1) is 6.58 Å². The summed E-state index contributed by atoms with van der Waals surface area (Å²) in [5.41, 5.74) is 1.58. The van der Waals surface area contributed by atoms with Crippen LogP contribution in [0.5, 0.6) is 11.5 Å². The second-order valence-electron chi connectivity index (χ2n) is 4.45. The van der Waals surface area contributed by atoms with Crippen molar-refractivity contribution < 1.29 is 14.6 Å². The summed E-state index contributed by atoms with van der Waals surface area (Å²) in [5.74, 6) is 1.30. The van der Waals surface area contributed by atoms with Gasteiger partial charge in [0.2, 0.25) is 0 Å². The van der Waals surface area contributed by atoms with Crippen molar-refractivity contribution in [3.05, 3.63) is 42.0 Å². The van der Waals surface area contributed by atoms with Gasteiger partial charge in [0.1, 0.15) is 0 Å². The van der Waals surface area contributed by atoms with E-state index in [1.165, 1.54) is 6.08 Å². The maximum Gasteiger partial charge on any atom is 0.169 e. The van der Waals surface area contributed by atoms with Gasteiger partial charge < -0.3 is 14.6 Å². The van der Waals surface area contributed by atoms with E-state index in [0.717, 1.165) is 11.1 Å². The highest BCUT2D eigenvalue weighted by molar-refractivity contribution is 5.66. The molecule has 1 unspecified atom stereocenters. The first-order chi connectivity index (χ1) is 9.04. The van der Waals surface area contributed by atoms with Crippen molar-refractivity contribution in [2.45, 2.75) is 33.0 Å². The Bertz CT molecular complexity index is 461. The molecule has 1 aromatic rings. The van der Waals surface area contributed by atoms with Crippen LogP contribution in [0.2, 0.25) is 0 Å². The maximum atomic E-state index is 10.0. The van der Waals surface area contributed by atoms with Gasteiger partial charge >= 0.3 is 0 Å². The molecule has 104 valence electrons. The fraction of sp³-hybridized carbons (Fsp3) is 0.375. The molecule has 3 heteroatoms. The summed E-state index contributed by atoms with van der Waals surface area (Å²) in [6.07, 6.45) is 4.60. The Labute approximate surface area is 115 Å². The zero-order valence-electron chi connectivity index (χ0n) is 12.0. The minimum Gasteiger partial charge on any atom is -0.493 e. The number of hydrogen-bond donors (Lipinski definition) is 1. The van der Waals surface area contributed by atoms with Gasteiger partial charge in [0, 0.05) is 5.56 Å². The van der Waals surface area contributed by atoms with Crippen LogP contribution in [0.25, 0.3) is 6.08 Å². The molecule has 0 saturated heterocycles. The molecular formula is C16H22O3. The summed E-state index contributed by atoms with van der Waals surface area (Å²) < 4.78 is 11.2. The van der Waals surface area contributed by atoms with Crippen LogP contribution in [0.4, 0.5) is 0 Å². The zero-order chi connectivity index (χ0) is 14.4. The number of rotatable bonds is 6. The molecule has 0 heterocycles. The minimum absolute atomic E-state index is 0.0223. The molecule has 3 nitrogen and oxygen atoms in total. The SMILES string of the molecule is C=CC(O)c1ccc(OC)c(OC(C)C)c1/C=C/C. The third-order valence-electron chi connectivity index (χ3n) is 2.64. The number of hydrogen-bond acceptors (Lipinski definition) is 3. The van der Waals surface area contributed by atoms with E-state index in [0.29, 0.717) is 11.5 Å². The fourth-order valence-corrected chi connectivity index (χ4v) is 1.84. The van der Waals surface area contributed by atoms with Crippen molar-refractivity contribution >= 4 is 6.08 Å². The Morgan fingerprint density at radius 2 is 2.00 bits per heavy atom. The third kappa shape index (κ3) is 3.61. The lowest BCUT2D eigenvalue weighted by molar-refractivity contribution is 0.218. The average molecular weight is 262 g/mol. The maximum absolute atomic E-state index is 10.0. The Hall–Kier alpha value is -1.74. The van der Waals surface area contributed by atoms with Crippen molar-refractivity contribution in [3.63, 3.8) is 0 Å². The van der Waals surface area contributed by atoms with Crippen molar-refractivity contribution in [2.75, 3.05) is 7.11 Å². The first kappa shape index (κ1) is 15.3. The highest BCUT2D eigenvalue weighted by Gasteiger charge is 2.17. The summed E-state index contributed by atoms with van der Waals surface area (Å²) in [6, 6.07) is 3.63. The number of allylic oxidation sites excluding steroid dienone is 1. The quantitative estimate of drug-likeness (QED) is 0.794. The van der Waals surface area contributed by atoms with Gasteiger partial charge in [-0.3, -0.25) is 0 Å². The molecule has 0 aliphatic heterocycles. The van der Waals surface area contributed by atoms with Gasteiger partial charge in [0.05, 0.1) is 19.3 Å². The van der Waals surface area contributed by atoms with Gasteiger partial charge in [0.15, 0.2) is 11.5 Å². The monoisotopic (exact) mass is 262 g/mol. The standard InChI is InChI=1S/C16H22O3/c1-6-8-13-12(14(17)7-2)9-10-15(18-5)16(13)19-11(3)4/h6-11,14,17H,2H2,1,3-5H3/b8-6+. The molecule has 0 amide bonds. The second-order valence-corrected chi connectivity index (χ2v) is 4.45. The second kappa shape index (κ2) is 7.00. The minimum atomic E-state index is -0.730. The Morgan fingerprint density at radius 1 is 1.32 bits per heavy atom. The molecule has 1 N–H and O–H groups in total. The van der Waals surface area contributed by atoms with Crippen molar-refractivity contribution in [1.82, 2.24) is 0 Å². The van der Waals surface area contributed by atoms with E-state index in [9.17, 15) is 5.11 Å². The molecule has 0 saturated carbocycles. The molecule has 1 aromatic carbocycles. The molecule has 0 bridgehead atoms. The largest absolute Gasteiger partial charge is 0.493 e. The van der Waals surface area contributed by atoms with E-state index in [1.54, 1.807) is 13.2 Å². The molecular weight excluding hydrogens is 240 g/mol. The van der Waals surface area contributed by atoms with Crippen LogP contribution >= 0.6 is 0 Å². The Balaban J connectivity index is 3.47. The molecule has 0 aliphatic carbocycles. The normalized spacial score (nSPS) is 12.7. The molecule has 1 rings (SSSR count). The highest BCUT2D eigenvalue weighted by Crippen LogP contribution is 2.38. The van der Waals surface area contributed by atoms with Crippen LogP contribution in [0, 0.1) is 0 Å². The van der Waals surface area contributed by atoms with Gasteiger partial charge in [-0.1, -0.05) is 24.3 Å². The van der Waals surface area contributed by atoms with Crippen LogP contribution in [-0.4, -0.2) is 18.3 Å². The summed E-state index contributed by atoms with van der Waals surface area (Å²) in [5, 5.41) is 10.0. The number of methoxy groups -OCH3 is 1. The highest BCUT2D eigenvalue weighted by atomic mass is 16.5. The van der Waals surface area contributed by atoms with Gasteiger partial charge in [-0.05, 0) is 32.4 Å². The first-order valence-electron chi connectivity index (χ1n) is 6.36. The zero-order valence-corrected chi connectivity index (χ0v) is 12.0. The molecule has 0 spiro atoms. The Kier molecular flexibility index (Phi) is 5.64. The van der Waals surface area contributed by atoms with Crippen molar-refractivity contribution in [1.29, 1.82) is 0 Å². The van der Waals surface area contributed by atoms with Gasteiger partial charge in [-0.25, -0.2) is 0 Å². The van der Waals surface area contributed by atoms with Crippen LogP contribution in [0.3, 0.4) is 0 Å². The van der Waals surface area contributed by atoms with Crippen molar-refractivity contribution in [2.24, 2.45) is 0 Å². The molecule has 0 radical (unpaired) electrons. The number of ether oxygens (including phenoxy) is 2. The predicted octanol–water partition coefficient (Wildman–Crippen LogP) is 3.73. The van der Waals surface area contributed by atoms with Crippen LogP contribution in [-0.2, 0) is 0 Å². The Morgan fingerprint density at radius 3 is 2.47 bits per heavy atom. The van der Waals surface area contributed by atoms with Crippen molar-refractivity contribution in [3.8, 4) is 11.5 Å². The van der Waals surface area contributed by atoms with E-state index >= 15 is 0 Å². The summed E-state index contributed by atoms with van der Waals surface area (Å²) >= 11 is 0. The number of aliphatic hydroxyl groups excluding tert-OH is 1. The topological polar surface area (TPSA) is 38.7 Å². The molecule has 1 atom stereocenters. The first-order valence-corrected chi connectivity index (χ1v) is 6.36. The molecule has 0 aromatic heterocycles. The predicted molar refractivity (Wildman–Crippen MR) is 78.6 cm³/mol. The fourth-order valence-electron chi connectivity index (χ4n) is 1.84. The van der Waals surface area contributed by atoms with E-state index < -0.39 is 6.10 Å². The molecule has 0 fully saturated rings. The van der Waals surface area contributed by atoms with Gasteiger partial charge in [0.25, 0.3) is 0 Å². The number of aliphatic hydroxyl groups is 1. The molecule has 19 heavy (non-hydrogen) atoms. The lowest BCUT2D eigenvalue weighted by Gasteiger charge is -2.20. The van der Waals surface area contributed by atoms with Crippen LogP contribution < -0.4 is 9.47 Å². The summed E-state index contributed by atoms with van der Waals surface area (Å²) in [4.78, 5) is 0. The van der Waals surface area contributed by atoms with Crippen LogP contribution in [0.15, 0.2) is 30.9 Å². The van der Waals surface area contributed by atoms with Crippen LogP contribution in [0.1, 0.15) is 38.0 Å². The summed E-state index contributed by atoms with van der Waals surface area (Å²) in [6.45, 7) is 9.45. The van der Waals surface area contributed by atoms with E-state index in [2.05, 4.69) is 6.58 Å². The van der Waals surface area contributed by atoms with E-state index in [-0.39, 0.29) is 6.10 Å². The van der Waals surface area contributed by atoms with Gasteiger partial charge in [-0.2, -0.15) is 0 Å².